The highest BCUT2D eigenvalue weighted by Gasteiger charge is 2.11. The van der Waals surface area contributed by atoms with E-state index in [1.165, 1.54) is 22.3 Å². The Balaban J connectivity index is 2.26. The first kappa shape index (κ1) is 21.7. The summed E-state index contributed by atoms with van der Waals surface area (Å²) in [7, 11) is 0. The van der Waals surface area contributed by atoms with Crippen LogP contribution in [-0.2, 0) is 0 Å². The van der Waals surface area contributed by atoms with Crippen molar-refractivity contribution in [3.8, 4) is 0 Å². The van der Waals surface area contributed by atoms with Crippen molar-refractivity contribution in [2.24, 2.45) is 10.7 Å². The van der Waals surface area contributed by atoms with Gasteiger partial charge in [-0.15, -0.1) is 0 Å². The summed E-state index contributed by atoms with van der Waals surface area (Å²) >= 11 is 0. The molecule has 2 N–H and O–H groups in total. The summed E-state index contributed by atoms with van der Waals surface area (Å²) in [5.74, 6) is 0.702. The summed E-state index contributed by atoms with van der Waals surface area (Å²) in [6.07, 6.45) is 12.8. The number of rotatable bonds is 9. The topological polar surface area (TPSA) is 38.4 Å². The maximum Gasteiger partial charge on any atom is 0.0996 e. The zero-order chi connectivity index (χ0) is 20.5. The van der Waals surface area contributed by atoms with Gasteiger partial charge in [0.2, 0.25) is 0 Å². The van der Waals surface area contributed by atoms with E-state index < -0.39 is 0 Å². The molecule has 0 aromatic heterocycles. The molecule has 0 saturated carbocycles. The Labute approximate surface area is 171 Å². The molecule has 0 fully saturated rings. The molecule has 1 aromatic carbocycles. The summed E-state index contributed by atoms with van der Waals surface area (Å²) in [6, 6.07) is 8.35. The lowest BCUT2D eigenvalue weighted by Gasteiger charge is -2.17. The van der Waals surface area contributed by atoms with E-state index in [-0.39, 0.29) is 0 Å². The second-order valence-electron chi connectivity index (χ2n) is 7.56. The van der Waals surface area contributed by atoms with E-state index in [2.05, 4.69) is 69.3 Å². The standard InChI is InChI=1S/C26H34N2/c1-6-7-13-26(27)28-24-16-14-23(15-17-24)25(21(5)19(2)3)18-20(4)22-11-9-8-10-12-22/h9,11-12,14-17H,2,4,6-8,10,13,18H2,1,3,5H3,(H2,27,28)/b25-21-. The van der Waals surface area contributed by atoms with Crippen molar-refractivity contribution in [1.29, 1.82) is 0 Å². The Morgan fingerprint density at radius 1 is 1.11 bits per heavy atom. The Hall–Kier alpha value is -2.61. The van der Waals surface area contributed by atoms with Crippen molar-refractivity contribution < 1.29 is 0 Å². The molecular formula is C26H34N2. The summed E-state index contributed by atoms with van der Waals surface area (Å²) in [4.78, 5) is 4.54. The van der Waals surface area contributed by atoms with Crippen molar-refractivity contribution in [3.05, 3.63) is 83.5 Å². The molecular weight excluding hydrogens is 340 g/mol. The van der Waals surface area contributed by atoms with Crippen LogP contribution in [0.1, 0.15) is 64.9 Å². The van der Waals surface area contributed by atoms with Crippen LogP contribution in [0.2, 0.25) is 0 Å². The average molecular weight is 375 g/mol. The van der Waals surface area contributed by atoms with Crippen LogP contribution >= 0.6 is 0 Å². The number of hydrogen-bond donors (Lipinski definition) is 1. The number of nitrogens with zero attached hydrogens (tertiary/aromatic N) is 1. The first-order valence-corrected chi connectivity index (χ1v) is 10.3. The van der Waals surface area contributed by atoms with Gasteiger partial charge in [-0.1, -0.05) is 62.4 Å². The van der Waals surface area contributed by atoms with E-state index >= 15 is 0 Å². The fourth-order valence-electron chi connectivity index (χ4n) is 3.22. The van der Waals surface area contributed by atoms with Gasteiger partial charge in [-0.2, -0.15) is 0 Å². The van der Waals surface area contributed by atoms with Crippen LogP contribution in [0.25, 0.3) is 5.57 Å². The Morgan fingerprint density at radius 3 is 2.39 bits per heavy atom. The van der Waals surface area contributed by atoms with Gasteiger partial charge < -0.3 is 5.73 Å². The third-order valence-electron chi connectivity index (χ3n) is 5.16. The number of unbranched alkanes of at least 4 members (excludes halogenated alkanes) is 1. The highest BCUT2D eigenvalue weighted by atomic mass is 14.8. The molecule has 0 unspecified atom stereocenters. The Kier molecular flexibility index (Phi) is 8.25. The van der Waals surface area contributed by atoms with Gasteiger partial charge in [0.1, 0.15) is 0 Å². The van der Waals surface area contributed by atoms with Crippen molar-refractivity contribution in [2.45, 2.75) is 59.3 Å². The molecule has 2 rings (SSSR count). The summed E-state index contributed by atoms with van der Waals surface area (Å²) < 4.78 is 0. The van der Waals surface area contributed by atoms with E-state index in [0.29, 0.717) is 5.84 Å². The quantitative estimate of drug-likeness (QED) is 0.272. The van der Waals surface area contributed by atoms with E-state index in [9.17, 15) is 0 Å². The molecule has 0 bridgehead atoms. The van der Waals surface area contributed by atoms with Crippen molar-refractivity contribution in [2.75, 3.05) is 0 Å². The van der Waals surface area contributed by atoms with E-state index in [1.807, 2.05) is 12.1 Å². The van der Waals surface area contributed by atoms with E-state index in [0.717, 1.165) is 55.4 Å². The number of hydrogen-bond acceptors (Lipinski definition) is 1. The van der Waals surface area contributed by atoms with Gasteiger partial charge in [-0.05, 0) is 79.5 Å². The van der Waals surface area contributed by atoms with Crippen LogP contribution in [0.4, 0.5) is 5.69 Å². The van der Waals surface area contributed by atoms with Crippen LogP contribution in [-0.4, -0.2) is 5.84 Å². The van der Waals surface area contributed by atoms with Crippen LogP contribution in [0.5, 0.6) is 0 Å². The van der Waals surface area contributed by atoms with Crippen molar-refractivity contribution >= 4 is 17.1 Å². The fourth-order valence-corrected chi connectivity index (χ4v) is 3.22. The Morgan fingerprint density at radius 2 is 1.82 bits per heavy atom. The largest absolute Gasteiger partial charge is 0.387 e. The average Bonchev–Trinajstić information content (AvgIpc) is 2.71. The first-order chi connectivity index (χ1) is 13.4. The van der Waals surface area contributed by atoms with Crippen LogP contribution in [0.15, 0.2) is 82.9 Å². The number of allylic oxidation sites excluding steroid dienone is 8. The van der Waals surface area contributed by atoms with Crippen molar-refractivity contribution in [1.82, 2.24) is 0 Å². The molecule has 0 amide bonds. The highest BCUT2D eigenvalue weighted by Crippen LogP contribution is 2.33. The molecule has 0 spiro atoms. The van der Waals surface area contributed by atoms with Gasteiger partial charge in [0.25, 0.3) is 0 Å². The molecule has 1 aromatic rings. The van der Waals surface area contributed by atoms with Gasteiger partial charge >= 0.3 is 0 Å². The van der Waals surface area contributed by atoms with Gasteiger partial charge in [-0.3, -0.25) is 0 Å². The fraction of sp³-hybridized carbons (Fsp3) is 0.346. The lowest BCUT2D eigenvalue weighted by molar-refractivity contribution is 0.831. The molecule has 0 atom stereocenters. The summed E-state index contributed by atoms with van der Waals surface area (Å²) in [5, 5.41) is 0. The summed E-state index contributed by atoms with van der Waals surface area (Å²) in [5.41, 5.74) is 14.1. The molecule has 0 radical (unpaired) electrons. The smallest absolute Gasteiger partial charge is 0.0996 e. The van der Waals surface area contributed by atoms with Crippen molar-refractivity contribution in [3.63, 3.8) is 0 Å². The molecule has 1 aliphatic rings. The van der Waals surface area contributed by atoms with Gasteiger partial charge in [0, 0.05) is 6.42 Å². The van der Waals surface area contributed by atoms with E-state index in [4.69, 9.17) is 5.73 Å². The minimum Gasteiger partial charge on any atom is -0.387 e. The number of benzene rings is 1. The zero-order valence-electron chi connectivity index (χ0n) is 17.7. The number of aliphatic imine (C=N–C) groups is 1. The summed E-state index contributed by atoms with van der Waals surface area (Å²) in [6.45, 7) is 14.9. The monoisotopic (exact) mass is 374 g/mol. The third-order valence-corrected chi connectivity index (χ3v) is 5.16. The molecule has 2 heteroatoms. The lowest BCUT2D eigenvalue weighted by atomic mass is 9.88. The second kappa shape index (κ2) is 10.7. The van der Waals surface area contributed by atoms with Crippen LogP contribution < -0.4 is 5.73 Å². The lowest BCUT2D eigenvalue weighted by Crippen LogP contribution is -2.10. The first-order valence-electron chi connectivity index (χ1n) is 10.3. The molecule has 2 nitrogen and oxygen atoms in total. The maximum atomic E-state index is 6.03. The predicted molar refractivity (Wildman–Crippen MR) is 125 cm³/mol. The normalized spacial score (nSPS) is 15.1. The molecule has 148 valence electrons. The maximum absolute atomic E-state index is 6.03. The van der Waals surface area contributed by atoms with Crippen LogP contribution in [0.3, 0.4) is 0 Å². The number of amidine groups is 1. The van der Waals surface area contributed by atoms with Gasteiger partial charge in [0.05, 0.1) is 11.5 Å². The highest BCUT2D eigenvalue weighted by molar-refractivity contribution is 5.83. The molecule has 0 saturated heterocycles. The minimum absolute atomic E-state index is 0.702. The minimum atomic E-state index is 0.702. The Bertz CT molecular complexity index is 830. The second-order valence-corrected chi connectivity index (χ2v) is 7.56. The van der Waals surface area contributed by atoms with E-state index in [1.54, 1.807) is 0 Å². The molecule has 1 aliphatic carbocycles. The SMILES string of the molecule is C=C(C/C(=C(\C)C(=C)C)c1ccc(N=C(N)CCCC)cc1)C1=CCCC=C1. The van der Waals surface area contributed by atoms with Crippen LogP contribution in [0, 0.1) is 0 Å². The van der Waals surface area contributed by atoms with Gasteiger partial charge in [0.15, 0.2) is 0 Å². The third kappa shape index (κ3) is 6.23. The zero-order valence-corrected chi connectivity index (χ0v) is 17.7. The molecule has 0 heterocycles. The predicted octanol–water partition coefficient (Wildman–Crippen LogP) is 7.44. The van der Waals surface area contributed by atoms with Gasteiger partial charge in [-0.25, -0.2) is 4.99 Å². The number of nitrogens with two attached hydrogens (primary N) is 1. The molecule has 0 aliphatic heterocycles. The molecule has 28 heavy (non-hydrogen) atoms.